The summed E-state index contributed by atoms with van der Waals surface area (Å²) in [5, 5.41) is 0. The van der Waals surface area contributed by atoms with Gasteiger partial charge in [0.05, 0.1) is 12.7 Å². The molecular formula is C21H37NO2. The van der Waals surface area contributed by atoms with Gasteiger partial charge >= 0.3 is 0 Å². The highest BCUT2D eigenvalue weighted by atomic mass is 16.5. The molecule has 1 unspecified atom stereocenters. The van der Waals surface area contributed by atoms with Crippen LogP contribution < -0.4 is 10.5 Å². The molecule has 24 heavy (non-hydrogen) atoms. The molecule has 0 fully saturated rings. The smallest absolute Gasteiger partial charge is 0.119 e. The fourth-order valence-electron chi connectivity index (χ4n) is 2.40. The van der Waals surface area contributed by atoms with E-state index in [1.54, 1.807) is 0 Å². The third-order valence-corrected chi connectivity index (χ3v) is 5.92. The first-order chi connectivity index (χ1) is 10.9. The Hall–Kier alpha value is -1.06. The summed E-state index contributed by atoms with van der Waals surface area (Å²) in [6.45, 7) is 18.5. The number of rotatable bonds is 9. The van der Waals surface area contributed by atoms with Crippen LogP contribution in [0.4, 0.5) is 0 Å². The van der Waals surface area contributed by atoms with Crippen LogP contribution in [0.5, 0.6) is 5.75 Å². The lowest BCUT2D eigenvalue weighted by Gasteiger charge is -2.42. The highest BCUT2D eigenvalue weighted by Crippen LogP contribution is 2.43. The molecule has 0 saturated heterocycles. The van der Waals surface area contributed by atoms with Gasteiger partial charge in [-0.1, -0.05) is 53.2 Å². The van der Waals surface area contributed by atoms with Gasteiger partial charge < -0.3 is 15.2 Å². The van der Waals surface area contributed by atoms with Crippen molar-refractivity contribution in [3.8, 4) is 5.75 Å². The highest BCUT2D eigenvalue weighted by molar-refractivity contribution is 5.33. The fraction of sp³-hybridized carbons (Fsp3) is 0.714. The Morgan fingerprint density at radius 1 is 0.958 bits per heavy atom. The maximum Gasteiger partial charge on any atom is 0.119 e. The number of benzene rings is 1. The summed E-state index contributed by atoms with van der Waals surface area (Å²) in [4.78, 5) is 0. The lowest BCUT2D eigenvalue weighted by Crippen LogP contribution is -2.45. The monoisotopic (exact) mass is 335 g/mol. The molecule has 0 radical (unpaired) electrons. The molecule has 0 aromatic heterocycles. The summed E-state index contributed by atoms with van der Waals surface area (Å²) in [6.07, 6.45) is 1.14. The zero-order chi connectivity index (χ0) is 18.6. The van der Waals surface area contributed by atoms with Crippen LogP contribution in [0.25, 0.3) is 0 Å². The van der Waals surface area contributed by atoms with E-state index in [1.165, 1.54) is 5.56 Å². The Balaban J connectivity index is 2.57. The second kappa shape index (κ2) is 7.88. The highest BCUT2D eigenvalue weighted by Gasteiger charge is 2.36. The van der Waals surface area contributed by atoms with E-state index in [0.29, 0.717) is 13.2 Å². The van der Waals surface area contributed by atoms with Gasteiger partial charge in [0, 0.05) is 5.54 Å². The van der Waals surface area contributed by atoms with Gasteiger partial charge in [-0.25, -0.2) is 0 Å². The van der Waals surface area contributed by atoms with E-state index in [-0.39, 0.29) is 22.5 Å². The summed E-state index contributed by atoms with van der Waals surface area (Å²) >= 11 is 0. The van der Waals surface area contributed by atoms with Crippen LogP contribution in [-0.2, 0) is 10.2 Å². The molecule has 2 N–H and O–H groups in total. The zero-order valence-electron chi connectivity index (χ0n) is 16.9. The van der Waals surface area contributed by atoms with Crippen molar-refractivity contribution >= 4 is 0 Å². The summed E-state index contributed by atoms with van der Waals surface area (Å²) in [6, 6.07) is 8.47. The molecule has 0 spiro atoms. The van der Waals surface area contributed by atoms with Crippen molar-refractivity contribution < 1.29 is 9.47 Å². The van der Waals surface area contributed by atoms with Crippen LogP contribution >= 0.6 is 0 Å². The minimum Gasteiger partial charge on any atom is -0.491 e. The van der Waals surface area contributed by atoms with E-state index in [1.807, 2.05) is 20.8 Å². The van der Waals surface area contributed by atoms with E-state index < -0.39 is 0 Å². The van der Waals surface area contributed by atoms with Crippen LogP contribution in [-0.4, -0.2) is 24.9 Å². The molecule has 0 amide bonds. The van der Waals surface area contributed by atoms with Crippen molar-refractivity contribution in [1.82, 2.24) is 0 Å². The van der Waals surface area contributed by atoms with Crippen molar-refractivity contribution in [2.24, 2.45) is 11.1 Å². The molecule has 0 saturated carbocycles. The second-order valence-corrected chi connectivity index (χ2v) is 8.57. The van der Waals surface area contributed by atoms with E-state index in [0.717, 1.165) is 12.2 Å². The van der Waals surface area contributed by atoms with Crippen molar-refractivity contribution in [3.05, 3.63) is 29.8 Å². The zero-order valence-corrected chi connectivity index (χ0v) is 16.9. The Labute approximate surface area is 148 Å². The van der Waals surface area contributed by atoms with Gasteiger partial charge in [0.15, 0.2) is 0 Å². The molecule has 1 rings (SSSR count). The first-order valence-corrected chi connectivity index (χ1v) is 9.05. The first kappa shape index (κ1) is 21.0. The molecule has 0 heterocycles. The summed E-state index contributed by atoms with van der Waals surface area (Å²) in [5.74, 6) is 0.882. The van der Waals surface area contributed by atoms with Crippen molar-refractivity contribution in [2.45, 2.75) is 78.9 Å². The minimum absolute atomic E-state index is 0.000510. The van der Waals surface area contributed by atoms with Gasteiger partial charge in [-0.3, -0.25) is 0 Å². The quantitative estimate of drug-likeness (QED) is 0.651. The summed E-state index contributed by atoms with van der Waals surface area (Å²) in [7, 11) is 0. The van der Waals surface area contributed by atoms with Gasteiger partial charge in [-0.15, -0.1) is 0 Å². The Kier molecular flexibility index (Phi) is 6.89. The molecule has 3 heteroatoms. The van der Waals surface area contributed by atoms with Gasteiger partial charge in [-0.05, 0) is 49.3 Å². The minimum atomic E-state index is -0.334. The molecule has 0 bridgehead atoms. The number of nitrogens with two attached hydrogens (primary N) is 1. The fourth-order valence-corrected chi connectivity index (χ4v) is 2.40. The lowest BCUT2D eigenvalue weighted by molar-refractivity contribution is 0.00813. The van der Waals surface area contributed by atoms with E-state index in [9.17, 15) is 0 Å². The van der Waals surface area contributed by atoms with Crippen LogP contribution in [0, 0.1) is 5.41 Å². The van der Waals surface area contributed by atoms with Crippen molar-refractivity contribution in [1.29, 1.82) is 0 Å². The molecule has 0 aliphatic carbocycles. The third kappa shape index (κ3) is 5.22. The van der Waals surface area contributed by atoms with E-state index in [2.05, 4.69) is 58.9 Å². The van der Waals surface area contributed by atoms with E-state index in [4.69, 9.17) is 15.2 Å². The summed E-state index contributed by atoms with van der Waals surface area (Å²) in [5.41, 5.74) is 7.38. The maximum atomic E-state index is 6.01. The number of hydrogen-bond acceptors (Lipinski definition) is 3. The number of ether oxygens (including phenoxy) is 2. The third-order valence-electron chi connectivity index (χ3n) is 5.92. The van der Waals surface area contributed by atoms with Crippen LogP contribution in [0.3, 0.4) is 0 Å². The topological polar surface area (TPSA) is 44.5 Å². The van der Waals surface area contributed by atoms with Crippen LogP contribution in [0.15, 0.2) is 24.3 Å². The SMILES string of the molecule is CCC(C)(C)C(C)(C)c1ccc(OCCOC(C)C(C)(C)N)cc1. The van der Waals surface area contributed by atoms with Crippen molar-refractivity contribution in [2.75, 3.05) is 13.2 Å². The average Bonchev–Trinajstić information content (AvgIpc) is 2.50. The average molecular weight is 336 g/mol. The molecule has 1 aromatic rings. The second-order valence-electron chi connectivity index (χ2n) is 8.57. The largest absolute Gasteiger partial charge is 0.491 e. The molecule has 1 aromatic carbocycles. The molecule has 138 valence electrons. The molecule has 0 aliphatic rings. The van der Waals surface area contributed by atoms with Gasteiger partial charge in [0.25, 0.3) is 0 Å². The first-order valence-electron chi connectivity index (χ1n) is 9.05. The Morgan fingerprint density at radius 2 is 1.50 bits per heavy atom. The van der Waals surface area contributed by atoms with Crippen molar-refractivity contribution in [3.63, 3.8) is 0 Å². The molecule has 1 atom stereocenters. The van der Waals surface area contributed by atoms with Gasteiger partial charge in [0.2, 0.25) is 0 Å². The normalized spacial score (nSPS) is 14.5. The van der Waals surface area contributed by atoms with Crippen LogP contribution in [0.1, 0.15) is 67.4 Å². The predicted octanol–water partition coefficient (Wildman–Crippen LogP) is 4.92. The van der Waals surface area contributed by atoms with Gasteiger partial charge in [-0.2, -0.15) is 0 Å². The Morgan fingerprint density at radius 3 is 1.96 bits per heavy atom. The standard InChI is InChI=1S/C21H37NO2/c1-9-19(3,4)20(5,6)17-10-12-18(13-11-17)24-15-14-23-16(2)21(7,8)22/h10-13,16H,9,14-15,22H2,1-8H3. The number of hydrogen-bond donors (Lipinski definition) is 1. The molecular weight excluding hydrogens is 298 g/mol. The van der Waals surface area contributed by atoms with Gasteiger partial charge in [0.1, 0.15) is 12.4 Å². The summed E-state index contributed by atoms with van der Waals surface area (Å²) < 4.78 is 11.5. The molecule has 3 nitrogen and oxygen atoms in total. The lowest BCUT2D eigenvalue weighted by atomic mass is 9.63. The predicted molar refractivity (Wildman–Crippen MR) is 103 cm³/mol. The maximum absolute atomic E-state index is 6.01. The van der Waals surface area contributed by atoms with Crippen LogP contribution in [0.2, 0.25) is 0 Å². The molecule has 0 aliphatic heterocycles. The Bertz CT molecular complexity index is 498. The van der Waals surface area contributed by atoms with E-state index >= 15 is 0 Å².